The van der Waals surface area contributed by atoms with Crippen LogP contribution < -0.4 is 10.1 Å². The first-order valence-corrected chi connectivity index (χ1v) is 6.70. The summed E-state index contributed by atoms with van der Waals surface area (Å²) >= 11 is 0. The van der Waals surface area contributed by atoms with Crippen LogP contribution in [0.5, 0.6) is 5.75 Å². The topological polar surface area (TPSA) is 30.5 Å². The third kappa shape index (κ3) is 3.72. The van der Waals surface area contributed by atoms with Gasteiger partial charge in [0.15, 0.2) is 0 Å². The Morgan fingerprint density at radius 2 is 1.94 bits per heavy atom. The molecule has 0 bridgehead atoms. The van der Waals surface area contributed by atoms with Crippen molar-refractivity contribution in [3.63, 3.8) is 0 Å². The molecule has 18 heavy (non-hydrogen) atoms. The second-order valence-corrected chi connectivity index (χ2v) is 4.30. The highest BCUT2D eigenvalue weighted by Crippen LogP contribution is 2.29. The maximum Gasteiger partial charge on any atom is 0.124 e. The molecule has 3 heteroatoms. The summed E-state index contributed by atoms with van der Waals surface area (Å²) in [5.74, 6) is 0.942. The Morgan fingerprint density at radius 1 is 1.22 bits per heavy atom. The van der Waals surface area contributed by atoms with Crippen LogP contribution in [0.25, 0.3) is 0 Å². The first-order chi connectivity index (χ1) is 8.78. The van der Waals surface area contributed by atoms with Gasteiger partial charge < -0.3 is 14.8 Å². The van der Waals surface area contributed by atoms with Gasteiger partial charge in [-0.3, -0.25) is 0 Å². The van der Waals surface area contributed by atoms with E-state index in [4.69, 9.17) is 9.47 Å². The smallest absolute Gasteiger partial charge is 0.124 e. The van der Waals surface area contributed by atoms with Crippen molar-refractivity contribution in [1.82, 2.24) is 5.32 Å². The number of methoxy groups -OCH3 is 1. The number of nitrogens with one attached hydrogen (secondary N) is 1. The van der Waals surface area contributed by atoms with Crippen LogP contribution in [0.1, 0.15) is 38.3 Å². The van der Waals surface area contributed by atoms with Crippen LogP contribution in [0.3, 0.4) is 0 Å². The fourth-order valence-electron chi connectivity index (χ4n) is 2.27. The molecule has 0 saturated heterocycles. The zero-order valence-corrected chi connectivity index (χ0v) is 11.9. The Morgan fingerprint density at radius 3 is 2.50 bits per heavy atom. The van der Waals surface area contributed by atoms with Gasteiger partial charge in [-0.15, -0.1) is 0 Å². The summed E-state index contributed by atoms with van der Waals surface area (Å²) in [5, 5.41) is 3.35. The summed E-state index contributed by atoms with van der Waals surface area (Å²) in [4.78, 5) is 0. The molecule has 2 unspecified atom stereocenters. The summed E-state index contributed by atoms with van der Waals surface area (Å²) in [5.41, 5.74) is 1.17. The molecular formula is C15H25NO2. The Hall–Kier alpha value is -1.06. The number of benzene rings is 1. The minimum Gasteiger partial charge on any atom is -0.494 e. The number of rotatable bonds is 8. The number of hydrogen-bond acceptors (Lipinski definition) is 3. The average Bonchev–Trinajstić information content (AvgIpc) is 2.40. The van der Waals surface area contributed by atoms with Gasteiger partial charge in [-0.05, 0) is 26.5 Å². The molecule has 2 atom stereocenters. The first kappa shape index (κ1) is 15.0. The van der Waals surface area contributed by atoms with Gasteiger partial charge in [0, 0.05) is 12.7 Å². The Bertz CT molecular complexity index is 341. The molecule has 0 aliphatic carbocycles. The van der Waals surface area contributed by atoms with Crippen molar-refractivity contribution in [3.8, 4) is 5.75 Å². The molecule has 0 fully saturated rings. The third-order valence-electron chi connectivity index (χ3n) is 3.11. The van der Waals surface area contributed by atoms with Gasteiger partial charge in [-0.25, -0.2) is 0 Å². The third-order valence-corrected chi connectivity index (χ3v) is 3.11. The van der Waals surface area contributed by atoms with Crippen molar-refractivity contribution >= 4 is 0 Å². The van der Waals surface area contributed by atoms with Crippen LogP contribution in [0, 0.1) is 0 Å². The molecule has 0 radical (unpaired) electrons. The van der Waals surface area contributed by atoms with Gasteiger partial charge in [0.1, 0.15) is 5.75 Å². The van der Waals surface area contributed by atoms with E-state index >= 15 is 0 Å². The monoisotopic (exact) mass is 251 g/mol. The standard InChI is InChI=1S/C15H25NO2/c1-5-9-14(17-4)15(16-3)12-10-7-8-11-13(12)18-6-2/h7-8,10-11,14-16H,5-6,9H2,1-4H3. The van der Waals surface area contributed by atoms with Crippen molar-refractivity contribution in [1.29, 1.82) is 0 Å². The number of para-hydroxylation sites is 1. The van der Waals surface area contributed by atoms with Gasteiger partial charge >= 0.3 is 0 Å². The van der Waals surface area contributed by atoms with Gasteiger partial charge in [0.2, 0.25) is 0 Å². The molecule has 1 N–H and O–H groups in total. The first-order valence-electron chi connectivity index (χ1n) is 6.70. The van der Waals surface area contributed by atoms with Gasteiger partial charge in [-0.1, -0.05) is 31.5 Å². The quantitative estimate of drug-likeness (QED) is 0.770. The van der Waals surface area contributed by atoms with E-state index in [1.54, 1.807) is 7.11 Å². The summed E-state index contributed by atoms with van der Waals surface area (Å²) < 4.78 is 11.3. The van der Waals surface area contributed by atoms with Gasteiger partial charge in [0.25, 0.3) is 0 Å². The highest BCUT2D eigenvalue weighted by Gasteiger charge is 2.23. The van der Waals surface area contributed by atoms with Crippen LogP contribution >= 0.6 is 0 Å². The number of ether oxygens (including phenoxy) is 2. The van der Waals surface area contributed by atoms with E-state index in [0.717, 1.165) is 18.6 Å². The molecule has 0 saturated carbocycles. The summed E-state index contributed by atoms with van der Waals surface area (Å²) in [6.07, 6.45) is 2.30. The molecular weight excluding hydrogens is 226 g/mol. The van der Waals surface area contributed by atoms with Gasteiger partial charge in [-0.2, -0.15) is 0 Å². The SMILES string of the molecule is CCCC(OC)C(NC)c1ccccc1OCC. The summed E-state index contributed by atoms with van der Waals surface area (Å²) in [7, 11) is 3.74. The number of hydrogen-bond donors (Lipinski definition) is 1. The van der Waals surface area contributed by atoms with E-state index < -0.39 is 0 Å². The Labute approximate surface area is 110 Å². The molecule has 0 spiro atoms. The lowest BCUT2D eigenvalue weighted by Crippen LogP contribution is -2.31. The van der Waals surface area contributed by atoms with Crippen LogP contribution in [-0.2, 0) is 4.74 Å². The highest BCUT2D eigenvalue weighted by atomic mass is 16.5. The highest BCUT2D eigenvalue weighted by molar-refractivity contribution is 5.36. The minimum atomic E-state index is 0.165. The Balaban J connectivity index is 2.99. The van der Waals surface area contributed by atoms with E-state index in [1.807, 2.05) is 32.2 Å². The zero-order valence-electron chi connectivity index (χ0n) is 11.9. The summed E-state index contributed by atoms with van der Waals surface area (Å²) in [6.45, 7) is 4.86. The van der Waals surface area contributed by atoms with Crippen molar-refractivity contribution < 1.29 is 9.47 Å². The van der Waals surface area contributed by atoms with Crippen LogP contribution in [0.15, 0.2) is 24.3 Å². The van der Waals surface area contributed by atoms with Crippen LogP contribution in [0.2, 0.25) is 0 Å². The minimum absolute atomic E-state index is 0.165. The zero-order chi connectivity index (χ0) is 13.4. The fourth-order valence-corrected chi connectivity index (χ4v) is 2.27. The molecule has 0 aliphatic heterocycles. The molecule has 0 aromatic heterocycles. The van der Waals surface area contributed by atoms with Crippen molar-refractivity contribution in [2.75, 3.05) is 20.8 Å². The van der Waals surface area contributed by atoms with Gasteiger partial charge in [0.05, 0.1) is 18.8 Å². The van der Waals surface area contributed by atoms with Crippen molar-refractivity contribution in [2.24, 2.45) is 0 Å². The molecule has 0 aliphatic rings. The Kier molecular flexibility index (Phi) is 6.76. The molecule has 102 valence electrons. The molecule has 3 nitrogen and oxygen atoms in total. The van der Waals surface area contributed by atoms with E-state index in [9.17, 15) is 0 Å². The van der Waals surface area contributed by atoms with Crippen molar-refractivity contribution in [3.05, 3.63) is 29.8 Å². The molecule has 1 aromatic rings. The van der Waals surface area contributed by atoms with E-state index in [0.29, 0.717) is 6.61 Å². The second-order valence-electron chi connectivity index (χ2n) is 4.30. The van der Waals surface area contributed by atoms with E-state index in [-0.39, 0.29) is 12.1 Å². The van der Waals surface area contributed by atoms with E-state index in [2.05, 4.69) is 18.3 Å². The largest absolute Gasteiger partial charge is 0.494 e. The van der Waals surface area contributed by atoms with Crippen molar-refractivity contribution in [2.45, 2.75) is 38.8 Å². The number of likely N-dealkylation sites (N-methyl/N-ethyl adjacent to an activating group) is 1. The molecule has 0 heterocycles. The van der Waals surface area contributed by atoms with Crippen LogP contribution in [-0.4, -0.2) is 26.9 Å². The predicted octanol–water partition coefficient (Wildman–Crippen LogP) is 3.16. The lowest BCUT2D eigenvalue weighted by Gasteiger charge is -2.27. The molecule has 0 amide bonds. The van der Waals surface area contributed by atoms with Crippen LogP contribution in [0.4, 0.5) is 0 Å². The average molecular weight is 251 g/mol. The fraction of sp³-hybridized carbons (Fsp3) is 0.600. The maximum absolute atomic E-state index is 5.70. The molecule has 1 rings (SSSR count). The normalized spacial score (nSPS) is 14.2. The van der Waals surface area contributed by atoms with E-state index in [1.165, 1.54) is 5.56 Å². The summed E-state index contributed by atoms with van der Waals surface area (Å²) in [6, 6.07) is 8.33. The lowest BCUT2D eigenvalue weighted by atomic mass is 9.97. The maximum atomic E-state index is 5.70. The molecule has 1 aromatic carbocycles. The lowest BCUT2D eigenvalue weighted by molar-refractivity contribution is 0.0620. The second kappa shape index (κ2) is 8.11. The predicted molar refractivity (Wildman–Crippen MR) is 75.1 cm³/mol.